The van der Waals surface area contributed by atoms with Crippen molar-refractivity contribution in [1.82, 2.24) is 4.90 Å². The van der Waals surface area contributed by atoms with Crippen molar-refractivity contribution in [3.63, 3.8) is 0 Å². The fraction of sp³-hybridized carbons (Fsp3) is 0.474. The molecule has 1 atom stereocenters. The van der Waals surface area contributed by atoms with Crippen molar-refractivity contribution < 1.29 is 19.3 Å². The molecule has 0 radical (unpaired) electrons. The van der Waals surface area contributed by atoms with Crippen LogP contribution in [0, 0.1) is 0 Å². The first-order chi connectivity index (χ1) is 12.1. The fourth-order valence-corrected chi connectivity index (χ4v) is 3.51. The molecule has 136 valence electrons. The minimum atomic E-state index is -0.517. The molecule has 0 saturated carbocycles. The molecule has 0 unspecified atom stereocenters. The van der Waals surface area contributed by atoms with Gasteiger partial charge >= 0.3 is 0 Å². The fourth-order valence-electron chi connectivity index (χ4n) is 2.76. The van der Waals surface area contributed by atoms with Gasteiger partial charge in [-0.1, -0.05) is 12.1 Å². The van der Waals surface area contributed by atoms with Gasteiger partial charge < -0.3 is 19.3 Å². The van der Waals surface area contributed by atoms with E-state index in [9.17, 15) is 5.11 Å². The van der Waals surface area contributed by atoms with Crippen LogP contribution in [0.1, 0.15) is 24.3 Å². The van der Waals surface area contributed by atoms with Gasteiger partial charge in [0.2, 0.25) is 6.79 Å². The van der Waals surface area contributed by atoms with Crippen molar-refractivity contribution >= 4 is 11.3 Å². The summed E-state index contributed by atoms with van der Waals surface area (Å²) in [4.78, 5) is 3.51. The first kappa shape index (κ1) is 18.2. The highest BCUT2D eigenvalue weighted by Crippen LogP contribution is 2.33. The molecule has 6 heteroatoms. The molecule has 1 aromatic heterocycles. The normalized spacial score (nSPS) is 14.4. The number of aliphatic hydroxyl groups is 1. The second-order valence-corrected chi connectivity index (χ2v) is 7.50. The van der Waals surface area contributed by atoms with Crippen LogP contribution in [0.3, 0.4) is 0 Å². The maximum Gasteiger partial charge on any atom is 0.231 e. The zero-order valence-corrected chi connectivity index (χ0v) is 15.5. The third-order valence-electron chi connectivity index (χ3n) is 3.89. The highest BCUT2D eigenvalue weighted by molar-refractivity contribution is 7.09. The van der Waals surface area contributed by atoms with Crippen LogP contribution in [0.2, 0.25) is 0 Å². The lowest BCUT2D eigenvalue weighted by Gasteiger charge is -2.25. The smallest absolute Gasteiger partial charge is 0.231 e. The topological polar surface area (TPSA) is 51.2 Å². The molecule has 1 aliphatic heterocycles. The lowest BCUT2D eigenvalue weighted by atomic mass is 10.1. The number of hydrogen-bond acceptors (Lipinski definition) is 6. The first-order valence-corrected chi connectivity index (χ1v) is 9.41. The monoisotopic (exact) mass is 363 g/mol. The van der Waals surface area contributed by atoms with E-state index in [0.29, 0.717) is 13.2 Å². The van der Waals surface area contributed by atoms with Crippen molar-refractivity contribution in [2.45, 2.75) is 39.1 Å². The molecule has 0 spiro atoms. The van der Waals surface area contributed by atoms with E-state index in [1.54, 1.807) is 11.3 Å². The Hall–Kier alpha value is -1.60. The number of ether oxygens (including phenoxy) is 3. The van der Waals surface area contributed by atoms with E-state index in [2.05, 4.69) is 22.4 Å². The maximum atomic E-state index is 10.3. The molecule has 1 aliphatic rings. The van der Waals surface area contributed by atoms with Gasteiger partial charge in [-0.2, -0.15) is 0 Å². The summed E-state index contributed by atoms with van der Waals surface area (Å²) in [7, 11) is 0. The molecule has 0 amide bonds. The van der Waals surface area contributed by atoms with E-state index >= 15 is 0 Å². The molecule has 0 fully saturated rings. The van der Waals surface area contributed by atoms with Crippen LogP contribution in [0.25, 0.3) is 0 Å². The predicted octanol–water partition coefficient (Wildman–Crippen LogP) is 3.26. The van der Waals surface area contributed by atoms with Crippen LogP contribution < -0.4 is 9.47 Å². The standard InChI is InChI=1S/C19H25NO4S/c1-14(2)22-12-16(21)10-20(11-17-4-3-7-25-17)9-15-5-6-18-19(8-15)24-13-23-18/h3-8,14,16,21H,9-13H2,1-2H3/t16-/m1/s1. The van der Waals surface area contributed by atoms with E-state index in [4.69, 9.17) is 14.2 Å². The number of nitrogens with zero attached hydrogens (tertiary/aromatic N) is 1. The van der Waals surface area contributed by atoms with Gasteiger partial charge in [-0.3, -0.25) is 4.90 Å². The van der Waals surface area contributed by atoms with Gasteiger partial charge in [0, 0.05) is 24.5 Å². The molecule has 25 heavy (non-hydrogen) atoms. The first-order valence-electron chi connectivity index (χ1n) is 8.53. The minimum Gasteiger partial charge on any atom is -0.454 e. The van der Waals surface area contributed by atoms with Gasteiger partial charge in [-0.25, -0.2) is 0 Å². The van der Waals surface area contributed by atoms with Gasteiger partial charge in [0.15, 0.2) is 11.5 Å². The molecular weight excluding hydrogens is 338 g/mol. The average Bonchev–Trinajstić information content (AvgIpc) is 3.23. The Labute approximate surface area is 152 Å². The third-order valence-corrected chi connectivity index (χ3v) is 4.75. The minimum absolute atomic E-state index is 0.120. The molecular formula is C19H25NO4S. The Morgan fingerprint density at radius 2 is 2.04 bits per heavy atom. The summed E-state index contributed by atoms with van der Waals surface area (Å²) >= 11 is 1.73. The quantitative estimate of drug-likeness (QED) is 0.741. The van der Waals surface area contributed by atoms with Crippen molar-refractivity contribution in [1.29, 1.82) is 0 Å². The number of rotatable bonds is 9. The molecule has 0 bridgehead atoms. The molecule has 1 N–H and O–H groups in total. The van der Waals surface area contributed by atoms with Gasteiger partial charge in [0.05, 0.1) is 18.8 Å². The average molecular weight is 363 g/mol. The summed E-state index contributed by atoms with van der Waals surface area (Å²) in [6, 6.07) is 10.2. The number of hydrogen-bond donors (Lipinski definition) is 1. The zero-order valence-electron chi connectivity index (χ0n) is 14.7. The van der Waals surface area contributed by atoms with Gasteiger partial charge in [-0.05, 0) is 43.0 Å². The second kappa shape index (κ2) is 8.67. The molecule has 3 rings (SSSR count). The highest BCUT2D eigenvalue weighted by atomic mass is 32.1. The lowest BCUT2D eigenvalue weighted by Crippen LogP contribution is -2.34. The van der Waals surface area contributed by atoms with E-state index in [0.717, 1.165) is 30.2 Å². The maximum absolute atomic E-state index is 10.3. The van der Waals surface area contributed by atoms with E-state index in [-0.39, 0.29) is 12.9 Å². The lowest BCUT2D eigenvalue weighted by molar-refractivity contribution is -0.0105. The van der Waals surface area contributed by atoms with Gasteiger partial charge in [0.25, 0.3) is 0 Å². The number of benzene rings is 1. The van der Waals surface area contributed by atoms with Crippen molar-refractivity contribution in [2.75, 3.05) is 19.9 Å². The second-order valence-electron chi connectivity index (χ2n) is 6.47. The highest BCUT2D eigenvalue weighted by Gasteiger charge is 2.17. The van der Waals surface area contributed by atoms with Crippen molar-refractivity contribution in [3.05, 3.63) is 46.2 Å². The summed E-state index contributed by atoms with van der Waals surface area (Å²) in [6.07, 6.45) is -0.398. The Morgan fingerprint density at radius 3 is 2.80 bits per heavy atom. The van der Waals surface area contributed by atoms with Crippen LogP contribution in [0.5, 0.6) is 11.5 Å². The van der Waals surface area contributed by atoms with Gasteiger partial charge in [-0.15, -0.1) is 11.3 Å². The largest absolute Gasteiger partial charge is 0.454 e. The summed E-state index contributed by atoms with van der Waals surface area (Å²) < 4.78 is 16.4. The number of aliphatic hydroxyl groups excluding tert-OH is 1. The van der Waals surface area contributed by atoms with E-state index in [1.165, 1.54) is 4.88 Å². The van der Waals surface area contributed by atoms with Crippen LogP contribution >= 0.6 is 11.3 Å². The van der Waals surface area contributed by atoms with Crippen LogP contribution in [0.4, 0.5) is 0 Å². The van der Waals surface area contributed by atoms with Crippen molar-refractivity contribution in [2.24, 2.45) is 0 Å². The molecule has 5 nitrogen and oxygen atoms in total. The van der Waals surface area contributed by atoms with E-state index < -0.39 is 6.10 Å². The predicted molar refractivity (Wildman–Crippen MR) is 98.1 cm³/mol. The SMILES string of the molecule is CC(C)OC[C@H](O)CN(Cc1ccc2c(c1)OCO2)Cc1cccs1. The summed E-state index contributed by atoms with van der Waals surface area (Å²) in [5.41, 5.74) is 1.14. The molecule has 0 saturated heterocycles. The Balaban J connectivity index is 1.65. The van der Waals surface area contributed by atoms with Gasteiger partial charge in [0.1, 0.15) is 0 Å². The Morgan fingerprint density at radius 1 is 1.20 bits per heavy atom. The van der Waals surface area contributed by atoms with E-state index in [1.807, 2.05) is 32.0 Å². The Kier molecular flexibility index (Phi) is 6.31. The van der Waals surface area contributed by atoms with Crippen LogP contribution in [0.15, 0.2) is 35.7 Å². The molecule has 0 aliphatic carbocycles. The molecule has 1 aromatic carbocycles. The zero-order chi connectivity index (χ0) is 17.6. The Bertz CT molecular complexity index is 659. The van der Waals surface area contributed by atoms with Crippen LogP contribution in [-0.2, 0) is 17.8 Å². The summed E-state index contributed by atoms with van der Waals surface area (Å²) in [5, 5.41) is 12.4. The van der Waals surface area contributed by atoms with Crippen LogP contribution in [-0.4, -0.2) is 42.2 Å². The molecule has 2 aromatic rings. The third kappa shape index (κ3) is 5.44. The summed E-state index contributed by atoms with van der Waals surface area (Å²) in [6.45, 7) is 6.66. The molecule has 2 heterocycles. The van der Waals surface area contributed by atoms with Crippen molar-refractivity contribution in [3.8, 4) is 11.5 Å². The summed E-state index contributed by atoms with van der Waals surface area (Å²) in [5.74, 6) is 1.58. The number of thiophene rings is 1. The number of fused-ring (bicyclic) bond motifs is 1.